The molecule has 0 atom stereocenters. The molecule has 1 aliphatic rings. The summed E-state index contributed by atoms with van der Waals surface area (Å²) < 4.78 is 0. The lowest BCUT2D eigenvalue weighted by atomic mass is 9.79. The van der Waals surface area contributed by atoms with Crippen molar-refractivity contribution in [2.45, 2.75) is 19.3 Å². The van der Waals surface area contributed by atoms with E-state index in [1.807, 2.05) is 42.6 Å². The van der Waals surface area contributed by atoms with Gasteiger partial charge in [0.2, 0.25) is 0 Å². The third-order valence-electron chi connectivity index (χ3n) is 9.80. The van der Waals surface area contributed by atoms with Crippen LogP contribution in [-0.4, -0.2) is 19.9 Å². The Morgan fingerprint density at radius 2 is 1.02 bits per heavy atom. The third-order valence-corrected chi connectivity index (χ3v) is 9.80. The van der Waals surface area contributed by atoms with Crippen molar-refractivity contribution in [3.63, 3.8) is 0 Å². The number of aromatic nitrogens is 4. The van der Waals surface area contributed by atoms with E-state index in [4.69, 9.17) is 15.0 Å². The zero-order valence-electron chi connectivity index (χ0n) is 27.3. The Balaban J connectivity index is 1.12. The summed E-state index contributed by atoms with van der Waals surface area (Å²) in [5.41, 5.74) is 12.6. The Morgan fingerprint density at radius 1 is 0.429 bits per heavy atom. The Kier molecular flexibility index (Phi) is 6.77. The standard InChI is InChI=1S/C45H32N4/c1-45(2)40-27-34(22-23-38(40)39-24-21-30-10-6-7-16-37(30)41(39)45)33-13-8-14-35(26-33)44-48-42(31-11-4-3-5-12-31)47-43(49-44)32-19-17-29(18-20-32)36-15-9-25-46-28-36/h3-28H,1-2H3. The molecule has 0 fully saturated rings. The lowest BCUT2D eigenvalue weighted by molar-refractivity contribution is 0.666. The molecule has 0 saturated carbocycles. The van der Waals surface area contributed by atoms with Gasteiger partial charge in [-0.3, -0.25) is 4.98 Å². The third kappa shape index (κ3) is 5.01. The maximum atomic E-state index is 5.04. The molecule has 0 amide bonds. The Bertz CT molecular complexity index is 2500. The molecule has 232 valence electrons. The van der Waals surface area contributed by atoms with Crippen molar-refractivity contribution in [1.29, 1.82) is 0 Å². The highest BCUT2D eigenvalue weighted by Crippen LogP contribution is 2.52. The van der Waals surface area contributed by atoms with Crippen LogP contribution in [0.4, 0.5) is 0 Å². The fourth-order valence-corrected chi connectivity index (χ4v) is 7.31. The molecule has 0 unspecified atom stereocenters. The van der Waals surface area contributed by atoms with Crippen LogP contribution in [-0.2, 0) is 5.41 Å². The van der Waals surface area contributed by atoms with E-state index < -0.39 is 0 Å². The fraction of sp³-hybridized carbons (Fsp3) is 0.0667. The minimum Gasteiger partial charge on any atom is -0.264 e. The molecule has 9 rings (SSSR count). The van der Waals surface area contributed by atoms with Gasteiger partial charge < -0.3 is 0 Å². The van der Waals surface area contributed by atoms with Crippen LogP contribution in [0.3, 0.4) is 0 Å². The summed E-state index contributed by atoms with van der Waals surface area (Å²) in [6.45, 7) is 4.70. The van der Waals surface area contributed by atoms with E-state index >= 15 is 0 Å². The van der Waals surface area contributed by atoms with E-state index in [-0.39, 0.29) is 5.41 Å². The summed E-state index contributed by atoms with van der Waals surface area (Å²) in [6.07, 6.45) is 3.66. The topological polar surface area (TPSA) is 51.6 Å². The smallest absolute Gasteiger partial charge is 0.164 e. The quantitative estimate of drug-likeness (QED) is 0.190. The number of hydrogen-bond donors (Lipinski definition) is 0. The van der Waals surface area contributed by atoms with Gasteiger partial charge in [0.25, 0.3) is 0 Å². The van der Waals surface area contributed by atoms with Crippen LogP contribution in [0.25, 0.3) is 78.3 Å². The molecule has 0 aliphatic heterocycles. The summed E-state index contributed by atoms with van der Waals surface area (Å²) >= 11 is 0. The molecule has 0 radical (unpaired) electrons. The molecular weight excluding hydrogens is 597 g/mol. The maximum absolute atomic E-state index is 5.04. The van der Waals surface area contributed by atoms with Gasteiger partial charge in [-0.25, -0.2) is 15.0 Å². The number of hydrogen-bond acceptors (Lipinski definition) is 4. The minimum atomic E-state index is -0.126. The lowest BCUT2D eigenvalue weighted by Gasteiger charge is -2.23. The van der Waals surface area contributed by atoms with E-state index in [0.717, 1.165) is 33.4 Å². The van der Waals surface area contributed by atoms with Crippen LogP contribution in [0.5, 0.6) is 0 Å². The summed E-state index contributed by atoms with van der Waals surface area (Å²) in [7, 11) is 0. The van der Waals surface area contributed by atoms with Gasteiger partial charge in [-0.15, -0.1) is 0 Å². The second kappa shape index (κ2) is 11.5. The summed E-state index contributed by atoms with van der Waals surface area (Å²) in [4.78, 5) is 19.3. The molecule has 6 aromatic carbocycles. The van der Waals surface area contributed by atoms with Crippen LogP contribution in [0.1, 0.15) is 25.0 Å². The fourth-order valence-electron chi connectivity index (χ4n) is 7.31. The van der Waals surface area contributed by atoms with Gasteiger partial charge >= 0.3 is 0 Å². The Labute approximate surface area is 285 Å². The molecule has 2 aromatic heterocycles. The van der Waals surface area contributed by atoms with Crippen LogP contribution in [0, 0.1) is 0 Å². The first-order chi connectivity index (χ1) is 24.0. The molecule has 8 aromatic rings. The van der Waals surface area contributed by atoms with Gasteiger partial charge in [0.1, 0.15) is 0 Å². The van der Waals surface area contributed by atoms with Crippen molar-refractivity contribution in [2.75, 3.05) is 0 Å². The molecule has 0 bridgehead atoms. The average molecular weight is 629 g/mol. The van der Waals surface area contributed by atoms with E-state index in [1.165, 1.54) is 38.6 Å². The van der Waals surface area contributed by atoms with Crippen LogP contribution in [0.15, 0.2) is 158 Å². The van der Waals surface area contributed by atoms with E-state index in [9.17, 15) is 0 Å². The molecule has 0 saturated heterocycles. The van der Waals surface area contributed by atoms with Gasteiger partial charge in [-0.1, -0.05) is 141 Å². The van der Waals surface area contributed by atoms with Crippen molar-refractivity contribution >= 4 is 10.8 Å². The lowest BCUT2D eigenvalue weighted by Crippen LogP contribution is -2.15. The zero-order valence-corrected chi connectivity index (χ0v) is 27.3. The Morgan fingerprint density at radius 3 is 1.80 bits per heavy atom. The van der Waals surface area contributed by atoms with E-state index in [2.05, 4.69) is 128 Å². The normalized spacial score (nSPS) is 12.9. The van der Waals surface area contributed by atoms with Gasteiger partial charge in [0.05, 0.1) is 0 Å². The highest BCUT2D eigenvalue weighted by Gasteiger charge is 2.37. The monoisotopic (exact) mass is 628 g/mol. The second-order valence-electron chi connectivity index (χ2n) is 13.2. The summed E-state index contributed by atoms with van der Waals surface area (Å²) in [5, 5.41) is 2.61. The number of benzene rings is 6. The first-order valence-electron chi connectivity index (χ1n) is 16.6. The summed E-state index contributed by atoms with van der Waals surface area (Å²) in [6, 6.07) is 51.2. The SMILES string of the molecule is CC1(C)c2cc(-c3cccc(-c4nc(-c5ccccc5)nc(-c5ccc(-c6cccnc6)cc5)n4)c3)ccc2-c2ccc3ccccc3c21. The van der Waals surface area contributed by atoms with Crippen molar-refractivity contribution in [1.82, 2.24) is 19.9 Å². The molecule has 49 heavy (non-hydrogen) atoms. The highest BCUT2D eigenvalue weighted by atomic mass is 15.0. The first kappa shape index (κ1) is 28.9. The van der Waals surface area contributed by atoms with E-state index in [0.29, 0.717) is 17.5 Å². The van der Waals surface area contributed by atoms with Crippen molar-refractivity contribution in [3.05, 3.63) is 169 Å². The average Bonchev–Trinajstić information content (AvgIpc) is 3.41. The van der Waals surface area contributed by atoms with Crippen molar-refractivity contribution in [2.24, 2.45) is 0 Å². The second-order valence-corrected chi connectivity index (χ2v) is 13.2. The Hall–Kier alpha value is -6.26. The van der Waals surface area contributed by atoms with Crippen LogP contribution >= 0.6 is 0 Å². The maximum Gasteiger partial charge on any atom is 0.164 e. The van der Waals surface area contributed by atoms with Gasteiger partial charge in [0, 0.05) is 34.5 Å². The largest absolute Gasteiger partial charge is 0.264 e. The minimum absolute atomic E-state index is 0.126. The summed E-state index contributed by atoms with van der Waals surface area (Å²) in [5.74, 6) is 1.92. The van der Waals surface area contributed by atoms with Crippen molar-refractivity contribution in [3.8, 4) is 67.5 Å². The number of nitrogens with zero attached hydrogens (tertiary/aromatic N) is 4. The number of pyridine rings is 1. The molecule has 4 heteroatoms. The first-order valence-corrected chi connectivity index (χ1v) is 16.6. The molecule has 0 N–H and O–H groups in total. The van der Waals surface area contributed by atoms with Crippen LogP contribution < -0.4 is 0 Å². The van der Waals surface area contributed by atoms with Crippen molar-refractivity contribution < 1.29 is 0 Å². The van der Waals surface area contributed by atoms with Crippen LogP contribution in [0.2, 0.25) is 0 Å². The molecule has 1 aliphatic carbocycles. The molecule has 2 heterocycles. The highest BCUT2D eigenvalue weighted by molar-refractivity contribution is 5.98. The predicted octanol–water partition coefficient (Wildman–Crippen LogP) is 11.1. The number of fused-ring (bicyclic) bond motifs is 5. The number of rotatable bonds is 5. The van der Waals surface area contributed by atoms with Gasteiger partial charge in [0.15, 0.2) is 17.5 Å². The zero-order chi connectivity index (χ0) is 33.0. The molecular formula is C45H32N4. The molecule has 0 spiro atoms. The predicted molar refractivity (Wildman–Crippen MR) is 200 cm³/mol. The van der Waals surface area contributed by atoms with Gasteiger partial charge in [-0.2, -0.15) is 0 Å². The van der Waals surface area contributed by atoms with E-state index in [1.54, 1.807) is 6.20 Å². The van der Waals surface area contributed by atoms with Gasteiger partial charge in [-0.05, 0) is 73.5 Å². The molecule has 4 nitrogen and oxygen atoms in total.